The lowest BCUT2D eigenvalue weighted by atomic mass is 10.2. The van der Waals surface area contributed by atoms with Crippen molar-refractivity contribution in [1.82, 2.24) is 4.98 Å². The van der Waals surface area contributed by atoms with Gasteiger partial charge in [-0.1, -0.05) is 0 Å². The minimum atomic E-state index is -0.682. The minimum Gasteiger partial charge on any atom is -0.497 e. The zero-order valence-corrected chi connectivity index (χ0v) is 11.4. The molecular formula is C14H13F2N3O2. The maximum absolute atomic E-state index is 13.7. The van der Waals surface area contributed by atoms with E-state index >= 15 is 0 Å². The van der Waals surface area contributed by atoms with E-state index < -0.39 is 17.5 Å². The average molecular weight is 293 g/mol. The number of rotatable bonds is 4. The van der Waals surface area contributed by atoms with Crippen LogP contribution in [0.5, 0.6) is 5.75 Å². The largest absolute Gasteiger partial charge is 0.497 e. The molecule has 2 rings (SSSR count). The first-order valence-electron chi connectivity index (χ1n) is 6.03. The smallest absolute Gasteiger partial charge is 0.259 e. The van der Waals surface area contributed by atoms with Crippen LogP contribution in [0.25, 0.3) is 0 Å². The first kappa shape index (κ1) is 14.7. The van der Waals surface area contributed by atoms with E-state index in [0.29, 0.717) is 5.75 Å². The fourth-order valence-electron chi connectivity index (χ4n) is 1.73. The molecule has 0 aliphatic heterocycles. The number of carbonyl (C=O) groups excluding carboxylic acids is 1. The molecule has 21 heavy (non-hydrogen) atoms. The first-order valence-corrected chi connectivity index (χ1v) is 6.03. The molecule has 0 aliphatic carbocycles. The summed E-state index contributed by atoms with van der Waals surface area (Å²) < 4.78 is 31.8. The number of hydrogen-bond acceptors (Lipinski definition) is 4. The second-order valence-electron chi connectivity index (χ2n) is 4.10. The second-order valence-corrected chi connectivity index (χ2v) is 4.10. The number of benzene rings is 1. The molecule has 0 radical (unpaired) electrons. The van der Waals surface area contributed by atoms with E-state index in [-0.39, 0.29) is 17.1 Å². The van der Waals surface area contributed by atoms with Gasteiger partial charge in [-0.3, -0.25) is 4.79 Å². The number of pyridine rings is 1. The van der Waals surface area contributed by atoms with Crippen LogP contribution in [-0.2, 0) is 0 Å². The van der Waals surface area contributed by atoms with E-state index in [1.54, 1.807) is 7.05 Å². The van der Waals surface area contributed by atoms with Gasteiger partial charge < -0.3 is 15.4 Å². The summed E-state index contributed by atoms with van der Waals surface area (Å²) in [6.45, 7) is 0. The Hall–Kier alpha value is -2.70. The standard InChI is InChI=1S/C14H13F2N3O2/c1-17-13-10(5-8(15)7-18-13)14(20)19-12-6-9(21-2)3-4-11(12)16/h3-7H,1-2H3,(H,17,18)(H,19,20). The summed E-state index contributed by atoms with van der Waals surface area (Å²) in [5, 5.41) is 5.03. The Kier molecular flexibility index (Phi) is 4.32. The summed E-state index contributed by atoms with van der Waals surface area (Å²) in [7, 11) is 2.97. The molecule has 2 aromatic rings. The number of methoxy groups -OCH3 is 1. The molecule has 1 heterocycles. The Bertz CT molecular complexity index is 677. The van der Waals surface area contributed by atoms with Crippen LogP contribution in [0.15, 0.2) is 30.5 Å². The molecule has 0 bridgehead atoms. The van der Waals surface area contributed by atoms with Gasteiger partial charge in [0.05, 0.1) is 24.6 Å². The highest BCUT2D eigenvalue weighted by Gasteiger charge is 2.15. The molecular weight excluding hydrogens is 280 g/mol. The van der Waals surface area contributed by atoms with Gasteiger partial charge in [-0.15, -0.1) is 0 Å². The monoisotopic (exact) mass is 293 g/mol. The highest BCUT2D eigenvalue weighted by molar-refractivity contribution is 6.07. The number of halogens is 2. The molecule has 1 aromatic carbocycles. The topological polar surface area (TPSA) is 63.2 Å². The SMILES string of the molecule is CNc1ncc(F)cc1C(=O)Nc1cc(OC)ccc1F. The second kappa shape index (κ2) is 6.17. The van der Waals surface area contributed by atoms with Crippen LogP contribution in [0.2, 0.25) is 0 Å². The quantitative estimate of drug-likeness (QED) is 0.909. The number of nitrogens with one attached hydrogen (secondary N) is 2. The average Bonchev–Trinajstić information content (AvgIpc) is 2.49. The van der Waals surface area contributed by atoms with Gasteiger partial charge in [0.1, 0.15) is 23.2 Å². The molecule has 1 aromatic heterocycles. The van der Waals surface area contributed by atoms with E-state index in [4.69, 9.17) is 4.74 Å². The minimum absolute atomic E-state index is 0.0280. The normalized spacial score (nSPS) is 10.1. The van der Waals surface area contributed by atoms with Gasteiger partial charge in [0.25, 0.3) is 5.91 Å². The number of anilines is 2. The predicted molar refractivity (Wildman–Crippen MR) is 74.6 cm³/mol. The van der Waals surface area contributed by atoms with Crippen molar-refractivity contribution in [3.05, 3.63) is 47.7 Å². The lowest BCUT2D eigenvalue weighted by Gasteiger charge is -2.10. The number of carbonyl (C=O) groups is 1. The highest BCUT2D eigenvalue weighted by atomic mass is 19.1. The number of amides is 1. The number of hydrogen-bond donors (Lipinski definition) is 2. The molecule has 110 valence electrons. The lowest BCUT2D eigenvalue weighted by molar-refractivity contribution is 0.102. The van der Waals surface area contributed by atoms with Gasteiger partial charge >= 0.3 is 0 Å². The summed E-state index contributed by atoms with van der Waals surface area (Å²) in [6, 6.07) is 4.94. The van der Waals surface area contributed by atoms with Crippen LogP contribution in [0.4, 0.5) is 20.3 Å². The molecule has 0 saturated heterocycles. The van der Waals surface area contributed by atoms with Crippen molar-refractivity contribution in [2.75, 3.05) is 24.8 Å². The van der Waals surface area contributed by atoms with Crippen molar-refractivity contribution >= 4 is 17.4 Å². The number of ether oxygens (including phenoxy) is 1. The lowest BCUT2D eigenvalue weighted by Crippen LogP contribution is -2.16. The van der Waals surface area contributed by atoms with Crippen LogP contribution in [0.1, 0.15) is 10.4 Å². The number of aromatic nitrogens is 1. The molecule has 0 aliphatic rings. The van der Waals surface area contributed by atoms with E-state index in [1.807, 2.05) is 0 Å². The maximum Gasteiger partial charge on any atom is 0.259 e. The molecule has 2 N–H and O–H groups in total. The van der Waals surface area contributed by atoms with Crippen molar-refractivity contribution < 1.29 is 18.3 Å². The fourth-order valence-corrected chi connectivity index (χ4v) is 1.73. The first-order chi connectivity index (χ1) is 10.0. The third-order valence-corrected chi connectivity index (χ3v) is 2.76. The molecule has 1 amide bonds. The van der Waals surface area contributed by atoms with Gasteiger partial charge in [-0.25, -0.2) is 13.8 Å². The number of nitrogens with zero attached hydrogens (tertiary/aromatic N) is 1. The predicted octanol–water partition coefficient (Wildman–Crippen LogP) is 2.66. The zero-order chi connectivity index (χ0) is 15.4. The summed E-state index contributed by atoms with van der Waals surface area (Å²) in [5.74, 6) is -1.39. The Morgan fingerprint density at radius 1 is 1.29 bits per heavy atom. The van der Waals surface area contributed by atoms with Gasteiger partial charge in [0.15, 0.2) is 0 Å². The summed E-state index contributed by atoms with van der Waals surface area (Å²) >= 11 is 0. The highest BCUT2D eigenvalue weighted by Crippen LogP contribution is 2.23. The van der Waals surface area contributed by atoms with E-state index in [9.17, 15) is 13.6 Å². The Balaban J connectivity index is 2.32. The molecule has 0 fully saturated rings. The summed E-state index contributed by atoms with van der Waals surface area (Å²) in [4.78, 5) is 15.9. The van der Waals surface area contributed by atoms with Crippen LogP contribution >= 0.6 is 0 Å². The summed E-state index contributed by atoms with van der Waals surface area (Å²) in [5.41, 5.74) is -0.0922. The van der Waals surface area contributed by atoms with Crippen molar-refractivity contribution in [2.45, 2.75) is 0 Å². The van der Waals surface area contributed by atoms with Crippen molar-refractivity contribution in [1.29, 1.82) is 0 Å². The van der Waals surface area contributed by atoms with Crippen LogP contribution in [0, 0.1) is 11.6 Å². The van der Waals surface area contributed by atoms with Gasteiger partial charge in [-0.2, -0.15) is 0 Å². The Labute approximate surface area is 120 Å². The van der Waals surface area contributed by atoms with Gasteiger partial charge in [0, 0.05) is 13.1 Å². The molecule has 0 spiro atoms. The van der Waals surface area contributed by atoms with E-state index in [2.05, 4.69) is 15.6 Å². The third kappa shape index (κ3) is 3.25. The molecule has 0 unspecified atom stereocenters. The van der Waals surface area contributed by atoms with Gasteiger partial charge in [0.2, 0.25) is 0 Å². The molecule has 0 atom stereocenters. The third-order valence-electron chi connectivity index (χ3n) is 2.76. The molecule has 0 saturated carbocycles. The maximum atomic E-state index is 13.7. The molecule has 5 nitrogen and oxygen atoms in total. The van der Waals surface area contributed by atoms with Crippen molar-refractivity contribution in [3.8, 4) is 5.75 Å². The van der Waals surface area contributed by atoms with E-state index in [1.165, 1.54) is 19.2 Å². The Morgan fingerprint density at radius 2 is 2.05 bits per heavy atom. The zero-order valence-electron chi connectivity index (χ0n) is 11.4. The van der Waals surface area contributed by atoms with E-state index in [0.717, 1.165) is 18.3 Å². The van der Waals surface area contributed by atoms with Crippen LogP contribution < -0.4 is 15.4 Å². The van der Waals surface area contributed by atoms with Crippen molar-refractivity contribution in [3.63, 3.8) is 0 Å². The van der Waals surface area contributed by atoms with Crippen LogP contribution in [-0.4, -0.2) is 25.0 Å². The summed E-state index contributed by atoms with van der Waals surface area (Å²) in [6.07, 6.45) is 0.981. The Morgan fingerprint density at radius 3 is 2.71 bits per heavy atom. The fraction of sp³-hybridized carbons (Fsp3) is 0.143. The van der Waals surface area contributed by atoms with Gasteiger partial charge in [-0.05, 0) is 18.2 Å². The van der Waals surface area contributed by atoms with Crippen LogP contribution in [0.3, 0.4) is 0 Å². The van der Waals surface area contributed by atoms with Crippen molar-refractivity contribution in [2.24, 2.45) is 0 Å². The molecule has 7 heteroatoms.